The normalized spacial score (nSPS) is 15.5. The van der Waals surface area contributed by atoms with E-state index in [4.69, 9.17) is 0 Å². The number of carbonyl (C=O) groups excluding carboxylic acids is 2. The van der Waals surface area contributed by atoms with Crippen molar-refractivity contribution in [2.24, 2.45) is 0 Å². The van der Waals surface area contributed by atoms with Gasteiger partial charge in [-0.25, -0.2) is 0 Å². The molecule has 7 heteroatoms. The summed E-state index contributed by atoms with van der Waals surface area (Å²) >= 11 is 0. The number of benzene rings is 1. The van der Waals surface area contributed by atoms with Crippen LogP contribution in [0.3, 0.4) is 0 Å². The summed E-state index contributed by atoms with van der Waals surface area (Å²) < 4.78 is 2.08. The molecule has 1 fully saturated rings. The third-order valence-electron chi connectivity index (χ3n) is 6.20. The Morgan fingerprint density at radius 2 is 1.97 bits per heavy atom. The second-order valence-electron chi connectivity index (χ2n) is 8.21. The maximum Gasteiger partial charge on any atom is 0.257 e. The number of amides is 2. The van der Waals surface area contributed by atoms with Crippen LogP contribution >= 0.6 is 0 Å². The molecule has 3 heterocycles. The van der Waals surface area contributed by atoms with Gasteiger partial charge in [0.15, 0.2) is 5.82 Å². The van der Waals surface area contributed by atoms with Crippen LogP contribution in [0.15, 0.2) is 36.5 Å². The topological polar surface area (TPSA) is 91.8 Å². The fourth-order valence-corrected chi connectivity index (χ4v) is 4.53. The van der Waals surface area contributed by atoms with E-state index in [0.29, 0.717) is 23.0 Å². The summed E-state index contributed by atoms with van der Waals surface area (Å²) in [7, 11) is 0. The minimum Gasteiger partial charge on any atom is -0.349 e. The minimum atomic E-state index is -0.167. The van der Waals surface area contributed by atoms with Gasteiger partial charge in [-0.15, -0.1) is 0 Å². The van der Waals surface area contributed by atoms with Crippen molar-refractivity contribution in [2.75, 3.05) is 5.32 Å². The lowest BCUT2D eigenvalue weighted by Crippen LogP contribution is -2.32. The van der Waals surface area contributed by atoms with Gasteiger partial charge in [-0.05, 0) is 43.9 Å². The molecule has 1 saturated carbocycles. The number of nitrogens with one attached hydrogen (secondary N) is 3. The largest absolute Gasteiger partial charge is 0.349 e. The van der Waals surface area contributed by atoms with Gasteiger partial charge in [0.25, 0.3) is 11.8 Å². The summed E-state index contributed by atoms with van der Waals surface area (Å²) in [6, 6.07) is 9.70. The molecule has 0 spiro atoms. The van der Waals surface area contributed by atoms with E-state index in [1.165, 1.54) is 12.8 Å². The second-order valence-corrected chi connectivity index (χ2v) is 8.21. The third kappa shape index (κ3) is 3.30. The Kier molecular flexibility index (Phi) is 4.65. The Morgan fingerprint density at radius 1 is 1.17 bits per heavy atom. The number of fused-ring (bicyclic) bond motifs is 3. The van der Waals surface area contributed by atoms with Crippen LogP contribution in [0.25, 0.3) is 11.4 Å². The molecule has 1 aliphatic carbocycles. The first-order chi connectivity index (χ1) is 14.6. The maximum atomic E-state index is 12.7. The molecule has 3 N–H and O–H groups in total. The first-order valence-electron chi connectivity index (χ1n) is 10.6. The van der Waals surface area contributed by atoms with Crippen LogP contribution in [0.1, 0.15) is 57.5 Å². The number of H-pyrrole nitrogens is 1. The Bertz CT molecular complexity index is 1120. The van der Waals surface area contributed by atoms with Gasteiger partial charge in [0.1, 0.15) is 0 Å². The lowest BCUT2D eigenvalue weighted by molar-refractivity contribution is 0.0937. The van der Waals surface area contributed by atoms with Gasteiger partial charge >= 0.3 is 0 Å². The highest BCUT2D eigenvalue weighted by molar-refractivity contribution is 6.05. The van der Waals surface area contributed by atoms with E-state index in [0.717, 1.165) is 48.3 Å². The Labute approximate surface area is 174 Å². The molecule has 154 valence electrons. The van der Waals surface area contributed by atoms with E-state index < -0.39 is 0 Å². The Balaban J connectivity index is 1.37. The molecule has 0 saturated heterocycles. The first kappa shape index (κ1) is 18.7. The molecular weight excluding hydrogens is 378 g/mol. The van der Waals surface area contributed by atoms with Crippen LogP contribution in [0, 0.1) is 6.92 Å². The molecule has 3 aromatic rings. The average molecular weight is 403 g/mol. The van der Waals surface area contributed by atoms with Crippen LogP contribution in [-0.4, -0.2) is 32.6 Å². The molecular formula is C23H25N5O2. The summed E-state index contributed by atoms with van der Waals surface area (Å²) in [6.07, 6.45) is 7.15. The number of hydrogen-bond donors (Lipinski definition) is 3. The van der Waals surface area contributed by atoms with Crippen molar-refractivity contribution >= 4 is 17.6 Å². The zero-order valence-corrected chi connectivity index (χ0v) is 17.0. The number of aryl methyl sites for hydroxylation is 2. The van der Waals surface area contributed by atoms with E-state index in [-0.39, 0.29) is 11.8 Å². The highest BCUT2D eigenvalue weighted by Gasteiger charge is 2.26. The molecule has 1 aromatic carbocycles. The summed E-state index contributed by atoms with van der Waals surface area (Å²) in [5.41, 5.74) is 5.00. The van der Waals surface area contributed by atoms with Crippen molar-refractivity contribution in [3.8, 4) is 11.4 Å². The number of anilines is 1. The lowest BCUT2D eigenvalue weighted by atomic mass is 10.1. The molecule has 1 aliphatic heterocycles. The van der Waals surface area contributed by atoms with Gasteiger partial charge in [-0.2, -0.15) is 5.10 Å². The third-order valence-corrected chi connectivity index (χ3v) is 6.20. The summed E-state index contributed by atoms with van der Waals surface area (Å²) in [6.45, 7) is 2.66. The predicted molar refractivity (Wildman–Crippen MR) is 115 cm³/mol. The standard InChI is InChI=1S/C23H25N5O2/c1-14-6-2-5-9-17(14)23(30)25-21-18-10-11-28-13-15(12-19(28)20(18)26-27-21)22(29)24-16-7-3-4-8-16/h2,5-6,9,12-13,16H,3-4,7-8,10-11H2,1H3,(H,24,29)(H2,25,26,27,30). The predicted octanol–water partition coefficient (Wildman–Crippen LogP) is 3.67. The number of aromatic nitrogens is 3. The number of nitrogens with zero attached hydrogens (tertiary/aromatic N) is 2. The molecule has 0 unspecified atom stereocenters. The van der Waals surface area contributed by atoms with Crippen molar-refractivity contribution in [2.45, 2.75) is 51.6 Å². The van der Waals surface area contributed by atoms with Crippen LogP contribution in [0.4, 0.5) is 5.82 Å². The Hall–Kier alpha value is -3.35. The van der Waals surface area contributed by atoms with E-state index in [9.17, 15) is 9.59 Å². The average Bonchev–Trinajstić information content (AvgIpc) is 3.47. The van der Waals surface area contributed by atoms with Crippen molar-refractivity contribution in [3.05, 3.63) is 58.8 Å². The van der Waals surface area contributed by atoms with Crippen molar-refractivity contribution < 1.29 is 9.59 Å². The minimum absolute atomic E-state index is 0.0158. The quantitative estimate of drug-likeness (QED) is 0.621. The molecule has 2 aliphatic rings. The molecule has 2 aromatic heterocycles. The SMILES string of the molecule is Cc1ccccc1C(=O)Nc1n[nH]c2c1CCn1cc(C(=O)NC3CCCC3)cc1-2. The van der Waals surface area contributed by atoms with Crippen LogP contribution in [0.5, 0.6) is 0 Å². The highest BCUT2D eigenvalue weighted by atomic mass is 16.2. The summed E-state index contributed by atoms with van der Waals surface area (Å²) in [5, 5.41) is 13.5. The van der Waals surface area contributed by atoms with Gasteiger partial charge in [-0.1, -0.05) is 31.0 Å². The van der Waals surface area contributed by atoms with Gasteiger partial charge in [0.2, 0.25) is 0 Å². The zero-order valence-electron chi connectivity index (χ0n) is 17.0. The summed E-state index contributed by atoms with van der Waals surface area (Å²) in [4.78, 5) is 25.4. The zero-order chi connectivity index (χ0) is 20.7. The maximum absolute atomic E-state index is 12.7. The summed E-state index contributed by atoms with van der Waals surface area (Å²) in [5.74, 6) is 0.376. The van der Waals surface area contributed by atoms with Gasteiger partial charge in [0, 0.05) is 29.9 Å². The number of rotatable bonds is 4. The number of hydrogen-bond acceptors (Lipinski definition) is 3. The van der Waals surface area contributed by atoms with E-state index >= 15 is 0 Å². The van der Waals surface area contributed by atoms with Gasteiger partial charge < -0.3 is 15.2 Å². The fourth-order valence-electron chi connectivity index (χ4n) is 4.53. The van der Waals surface area contributed by atoms with Crippen molar-refractivity contribution in [3.63, 3.8) is 0 Å². The van der Waals surface area contributed by atoms with E-state index in [2.05, 4.69) is 25.4 Å². The lowest BCUT2D eigenvalue weighted by Gasteiger charge is -2.16. The second kappa shape index (κ2) is 7.48. The van der Waals surface area contributed by atoms with Gasteiger partial charge in [0.05, 0.1) is 17.0 Å². The first-order valence-corrected chi connectivity index (χ1v) is 10.6. The van der Waals surface area contributed by atoms with Crippen LogP contribution < -0.4 is 10.6 Å². The monoisotopic (exact) mass is 403 g/mol. The molecule has 0 atom stereocenters. The molecule has 0 radical (unpaired) electrons. The van der Waals surface area contributed by atoms with E-state index in [1.807, 2.05) is 43.5 Å². The van der Waals surface area contributed by atoms with Crippen LogP contribution in [0.2, 0.25) is 0 Å². The molecule has 30 heavy (non-hydrogen) atoms. The molecule has 2 amide bonds. The Morgan fingerprint density at radius 3 is 2.77 bits per heavy atom. The number of carbonyl (C=O) groups is 2. The molecule has 7 nitrogen and oxygen atoms in total. The molecule has 5 rings (SSSR count). The van der Waals surface area contributed by atoms with Crippen LogP contribution in [-0.2, 0) is 13.0 Å². The van der Waals surface area contributed by atoms with Gasteiger partial charge in [-0.3, -0.25) is 14.7 Å². The fraction of sp³-hybridized carbons (Fsp3) is 0.348. The van der Waals surface area contributed by atoms with Crippen molar-refractivity contribution in [1.82, 2.24) is 20.1 Å². The van der Waals surface area contributed by atoms with Crippen molar-refractivity contribution in [1.29, 1.82) is 0 Å². The molecule has 0 bridgehead atoms. The van der Waals surface area contributed by atoms with E-state index in [1.54, 1.807) is 0 Å². The number of aromatic amines is 1. The highest BCUT2D eigenvalue weighted by Crippen LogP contribution is 2.33. The smallest absolute Gasteiger partial charge is 0.257 e.